The van der Waals surface area contributed by atoms with Crippen molar-refractivity contribution in [3.63, 3.8) is 0 Å². The molecule has 0 aromatic carbocycles. The highest BCUT2D eigenvalue weighted by Gasteiger charge is 2.52. The third kappa shape index (κ3) is 9.32. The summed E-state index contributed by atoms with van der Waals surface area (Å²) in [4.78, 5) is 26.9. The molecule has 2 N–H and O–H groups in total. The average Bonchev–Trinajstić information content (AvgIpc) is 2.99. The van der Waals surface area contributed by atoms with E-state index in [2.05, 4.69) is 0 Å². The summed E-state index contributed by atoms with van der Waals surface area (Å²) in [6.07, 6.45) is 4.26. The molecule has 38 heavy (non-hydrogen) atoms. The van der Waals surface area contributed by atoms with Gasteiger partial charge in [0.05, 0.1) is 11.2 Å². The quantitative estimate of drug-likeness (QED) is 0.513. The van der Waals surface area contributed by atoms with Gasteiger partial charge in [-0.25, -0.2) is 9.59 Å². The standard InChI is InChI=1S/C16H28BNO4.C10H18BNO4/c1-14(2,3)20-13(19)18-10-8-12(9-11-18)17-21-15(4,5)16(6,7)22-17;1-10(2,3)16-9(13)12-6-4-8(5-7-12)11(14)15/h8H,9-11H2,1-7H3;4,14-15H,5-7H2,1-3H3. The van der Waals surface area contributed by atoms with Crippen LogP contribution in [-0.4, -0.2) is 94.9 Å². The van der Waals surface area contributed by atoms with Crippen molar-refractivity contribution in [2.75, 3.05) is 26.2 Å². The van der Waals surface area contributed by atoms with E-state index >= 15 is 0 Å². The van der Waals surface area contributed by atoms with Crippen molar-refractivity contribution in [2.24, 2.45) is 0 Å². The largest absolute Gasteiger partial charge is 0.490 e. The molecule has 1 saturated heterocycles. The van der Waals surface area contributed by atoms with Crippen LogP contribution in [0.25, 0.3) is 0 Å². The van der Waals surface area contributed by atoms with Crippen LogP contribution in [0.2, 0.25) is 0 Å². The summed E-state index contributed by atoms with van der Waals surface area (Å²) < 4.78 is 22.7. The third-order valence-corrected chi connectivity index (χ3v) is 6.68. The van der Waals surface area contributed by atoms with E-state index in [1.165, 1.54) is 4.90 Å². The highest BCUT2D eigenvalue weighted by Crippen LogP contribution is 2.39. The van der Waals surface area contributed by atoms with Crippen molar-refractivity contribution < 1.29 is 38.4 Å². The second kappa shape index (κ2) is 12.0. The molecule has 214 valence electrons. The van der Waals surface area contributed by atoms with Crippen molar-refractivity contribution in [3.05, 3.63) is 23.1 Å². The van der Waals surface area contributed by atoms with Gasteiger partial charge >= 0.3 is 26.4 Å². The Morgan fingerprint density at radius 2 is 1.26 bits per heavy atom. The molecular weight excluding hydrogens is 490 g/mol. The van der Waals surface area contributed by atoms with Gasteiger partial charge < -0.3 is 38.6 Å². The van der Waals surface area contributed by atoms with Crippen LogP contribution in [0, 0.1) is 0 Å². The van der Waals surface area contributed by atoms with Crippen molar-refractivity contribution >= 4 is 26.4 Å². The number of nitrogens with zero attached hydrogens (tertiary/aromatic N) is 2. The number of ether oxygens (including phenoxy) is 2. The van der Waals surface area contributed by atoms with Crippen molar-refractivity contribution in [1.29, 1.82) is 0 Å². The number of rotatable bonds is 2. The maximum absolute atomic E-state index is 12.1. The zero-order valence-corrected chi connectivity index (χ0v) is 24.8. The minimum absolute atomic E-state index is 0.267. The lowest BCUT2D eigenvalue weighted by molar-refractivity contribution is 0.00578. The minimum Gasteiger partial charge on any atom is -0.444 e. The highest BCUT2D eigenvalue weighted by molar-refractivity contribution is 6.54. The minimum atomic E-state index is -1.42. The van der Waals surface area contributed by atoms with Crippen LogP contribution in [0.1, 0.15) is 82.1 Å². The van der Waals surface area contributed by atoms with E-state index in [0.717, 1.165) is 11.9 Å². The molecule has 0 saturated carbocycles. The van der Waals surface area contributed by atoms with Gasteiger partial charge in [-0.1, -0.05) is 12.2 Å². The first-order valence-electron chi connectivity index (χ1n) is 13.3. The van der Waals surface area contributed by atoms with E-state index in [9.17, 15) is 9.59 Å². The Kier molecular flexibility index (Phi) is 10.2. The molecule has 0 atom stereocenters. The van der Waals surface area contributed by atoms with Crippen LogP contribution in [-0.2, 0) is 18.8 Å². The lowest BCUT2D eigenvalue weighted by Crippen LogP contribution is -2.41. The summed E-state index contributed by atoms with van der Waals surface area (Å²) in [6.45, 7) is 21.2. The molecule has 0 bridgehead atoms. The molecule has 3 heterocycles. The predicted molar refractivity (Wildman–Crippen MR) is 147 cm³/mol. The zero-order valence-electron chi connectivity index (χ0n) is 24.8. The third-order valence-electron chi connectivity index (χ3n) is 6.68. The molecule has 0 spiro atoms. The van der Waals surface area contributed by atoms with Gasteiger partial charge in [0.25, 0.3) is 0 Å². The Morgan fingerprint density at radius 1 is 0.842 bits per heavy atom. The van der Waals surface area contributed by atoms with Gasteiger partial charge in [-0.05, 0) is 93.0 Å². The molecular formula is C26H46B2N2O8. The highest BCUT2D eigenvalue weighted by atomic mass is 16.7. The van der Waals surface area contributed by atoms with Gasteiger partial charge in [0, 0.05) is 26.2 Å². The summed E-state index contributed by atoms with van der Waals surface area (Å²) in [5, 5.41) is 17.9. The van der Waals surface area contributed by atoms with E-state index in [0.29, 0.717) is 38.1 Å². The maximum Gasteiger partial charge on any atom is 0.490 e. The lowest BCUT2D eigenvalue weighted by atomic mass is 9.75. The Balaban J connectivity index is 0.000000281. The van der Waals surface area contributed by atoms with Crippen molar-refractivity contribution in [1.82, 2.24) is 9.80 Å². The second-order valence-electron chi connectivity index (χ2n) is 12.9. The Labute approximate surface area is 228 Å². The molecule has 0 unspecified atom stereocenters. The molecule has 10 nitrogen and oxygen atoms in total. The zero-order chi connectivity index (χ0) is 29.1. The summed E-state index contributed by atoms with van der Waals surface area (Å²) in [5.41, 5.74) is 0.0321. The fourth-order valence-corrected chi connectivity index (χ4v) is 3.80. The van der Waals surface area contributed by atoms with Gasteiger partial charge in [-0.15, -0.1) is 0 Å². The van der Waals surface area contributed by atoms with E-state index in [1.807, 2.05) is 75.3 Å². The Morgan fingerprint density at radius 3 is 1.58 bits per heavy atom. The Hall–Kier alpha value is -2.01. The molecule has 2 amide bonds. The average molecular weight is 536 g/mol. The predicted octanol–water partition coefficient (Wildman–Crippen LogP) is 3.75. The fraction of sp³-hybridized carbons (Fsp3) is 0.769. The van der Waals surface area contributed by atoms with Gasteiger partial charge in [0.15, 0.2) is 0 Å². The number of hydrogen-bond donors (Lipinski definition) is 2. The summed E-state index contributed by atoms with van der Waals surface area (Å²) in [6, 6.07) is 0. The van der Waals surface area contributed by atoms with Crippen LogP contribution in [0.4, 0.5) is 9.59 Å². The van der Waals surface area contributed by atoms with Gasteiger partial charge in [0.1, 0.15) is 11.2 Å². The summed E-state index contributed by atoms with van der Waals surface area (Å²) in [5.74, 6) is 0. The molecule has 0 radical (unpaired) electrons. The SMILES string of the molecule is CC(C)(C)OC(=O)N1CC=C(B(O)O)CC1.CC(C)(C)OC(=O)N1CC=C(B2OC(C)(C)C(C)(C)O2)CC1. The van der Waals surface area contributed by atoms with Gasteiger partial charge in [-0.3, -0.25) is 0 Å². The fourth-order valence-electron chi connectivity index (χ4n) is 3.80. The van der Waals surface area contributed by atoms with Crippen LogP contribution >= 0.6 is 0 Å². The van der Waals surface area contributed by atoms with E-state index in [-0.39, 0.29) is 30.5 Å². The monoisotopic (exact) mass is 536 g/mol. The number of amides is 2. The van der Waals surface area contributed by atoms with Gasteiger partial charge in [0.2, 0.25) is 0 Å². The number of carbonyl (C=O) groups is 2. The van der Waals surface area contributed by atoms with E-state index < -0.39 is 18.3 Å². The van der Waals surface area contributed by atoms with Crippen LogP contribution in [0.3, 0.4) is 0 Å². The van der Waals surface area contributed by atoms with Crippen LogP contribution in [0.5, 0.6) is 0 Å². The first-order chi connectivity index (χ1) is 17.2. The topological polar surface area (TPSA) is 118 Å². The van der Waals surface area contributed by atoms with Crippen LogP contribution in [0.15, 0.2) is 23.1 Å². The molecule has 3 aliphatic heterocycles. The van der Waals surface area contributed by atoms with Crippen molar-refractivity contribution in [2.45, 2.75) is 104 Å². The maximum atomic E-state index is 12.1. The summed E-state index contributed by atoms with van der Waals surface area (Å²) in [7, 11) is -1.73. The van der Waals surface area contributed by atoms with Crippen molar-refractivity contribution in [3.8, 4) is 0 Å². The molecule has 3 aliphatic rings. The molecule has 3 rings (SSSR count). The second-order valence-corrected chi connectivity index (χ2v) is 12.9. The molecule has 0 aliphatic carbocycles. The lowest BCUT2D eigenvalue weighted by Gasteiger charge is -2.32. The molecule has 12 heteroatoms. The van der Waals surface area contributed by atoms with Crippen LogP contribution < -0.4 is 0 Å². The number of hydrogen-bond acceptors (Lipinski definition) is 8. The number of carbonyl (C=O) groups excluding carboxylic acids is 2. The smallest absolute Gasteiger partial charge is 0.444 e. The normalized spacial score (nSPS) is 21.1. The molecule has 1 fully saturated rings. The Bertz CT molecular complexity index is 903. The summed E-state index contributed by atoms with van der Waals surface area (Å²) >= 11 is 0. The first-order valence-corrected chi connectivity index (χ1v) is 13.3. The van der Waals surface area contributed by atoms with E-state index in [4.69, 9.17) is 28.8 Å². The van der Waals surface area contributed by atoms with E-state index in [1.54, 1.807) is 11.0 Å². The first kappa shape index (κ1) is 32.2. The molecule has 0 aromatic rings. The molecule has 0 aromatic heterocycles. The van der Waals surface area contributed by atoms with Gasteiger partial charge in [-0.2, -0.15) is 0 Å².